The predicted molar refractivity (Wildman–Crippen MR) is 83.1 cm³/mol. The quantitative estimate of drug-likeness (QED) is 0.808. The van der Waals surface area contributed by atoms with Crippen LogP contribution in [-0.4, -0.2) is 25.3 Å². The highest BCUT2D eigenvalue weighted by Gasteiger charge is 2.42. The number of hydrogen-bond acceptors (Lipinski definition) is 2. The van der Waals surface area contributed by atoms with Crippen molar-refractivity contribution in [1.29, 1.82) is 0 Å². The average Bonchev–Trinajstić information content (AvgIpc) is 2.82. The normalized spacial score (nSPS) is 27.5. The minimum absolute atomic E-state index is 0.224. The molecule has 0 aromatic heterocycles. The number of halogens is 1. The second-order valence-corrected chi connectivity index (χ2v) is 8.66. The molecule has 0 amide bonds. The fourth-order valence-electron chi connectivity index (χ4n) is 3.60. The maximum atomic E-state index is 12.9. The summed E-state index contributed by atoms with van der Waals surface area (Å²) in [7, 11) is -3.37. The van der Waals surface area contributed by atoms with Crippen LogP contribution in [0.3, 0.4) is 0 Å². The summed E-state index contributed by atoms with van der Waals surface area (Å²) in [5.74, 6) is 0.572. The first kappa shape index (κ1) is 14.5. The molecule has 2 atom stereocenters. The van der Waals surface area contributed by atoms with Crippen molar-refractivity contribution >= 4 is 26.0 Å². The molecule has 3 rings (SSSR count). The van der Waals surface area contributed by atoms with Crippen LogP contribution in [0.25, 0.3) is 0 Å². The Hall–Kier alpha value is -0.390. The minimum Gasteiger partial charge on any atom is -0.207 e. The minimum atomic E-state index is -3.37. The molecule has 20 heavy (non-hydrogen) atoms. The predicted octanol–water partition coefficient (Wildman–Crippen LogP) is 3.71. The van der Waals surface area contributed by atoms with Crippen LogP contribution in [0.2, 0.25) is 0 Å². The zero-order valence-corrected chi connectivity index (χ0v) is 14.1. The van der Waals surface area contributed by atoms with Gasteiger partial charge in [0.25, 0.3) is 0 Å². The van der Waals surface area contributed by atoms with E-state index in [9.17, 15) is 8.42 Å². The Morgan fingerprint density at radius 1 is 1.20 bits per heavy atom. The molecule has 2 fully saturated rings. The molecule has 110 valence electrons. The zero-order chi connectivity index (χ0) is 14.3. The molecule has 1 aliphatic carbocycles. The van der Waals surface area contributed by atoms with Gasteiger partial charge in [0.05, 0.1) is 4.90 Å². The van der Waals surface area contributed by atoms with Gasteiger partial charge < -0.3 is 0 Å². The van der Waals surface area contributed by atoms with Crippen LogP contribution >= 0.6 is 15.9 Å². The van der Waals surface area contributed by atoms with E-state index in [4.69, 9.17) is 0 Å². The van der Waals surface area contributed by atoms with Crippen molar-refractivity contribution in [3.63, 3.8) is 0 Å². The van der Waals surface area contributed by atoms with Gasteiger partial charge in [-0.1, -0.05) is 18.9 Å². The van der Waals surface area contributed by atoms with Crippen LogP contribution in [0.5, 0.6) is 0 Å². The van der Waals surface area contributed by atoms with E-state index in [2.05, 4.69) is 15.9 Å². The Bertz CT molecular complexity index is 614. The molecule has 0 bridgehead atoms. The third-order valence-electron chi connectivity index (χ3n) is 4.63. The van der Waals surface area contributed by atoms with Gasteiger partial charge in [0.15, 0.2) is 0 Å². The van der Waals surface area contributed by atoms with Crippen molar-refractivity contribution in [2.75, 3.05) is 6.54 Å². The van der Waals surface area contributed by atoms with Crippen molar-refractivity contribution < 1.29 is 8.42 Å². The third kappa shape index (κ3) is 2.44. The fraction of sp³-hybridized carbons (Fsp3) is 0.600. The van der Waals surface area contributed by atoms with Gasteiger partial charge in [-0.3, -0.25) is 0 Å². The van der Waals surface area contributed by atoms with Gasteiger partial charge >= 0.3 is 0 Å². The molecule has 0 N–H and O–H groups in total. The Balaban J connectivity index is 1.95. The smallest absolute Gasteiger partial charge is 0.207 e. The number of aryl methyl sites for hydroxylation is 1. The van der Waals surface area contributed by atoms with Crippen LogP contribution < -0.4 is 0 Å². The van der Waals surface area contributed by atoms with E-state index in [0.29, 0.717) is 21.8 Å². The first-order valence-corrected chi connectivity index (χ1v) is 9.51. The van der Waals surface area contributed by atoms with Crippen LogP contribution in [-0.2, 0) is 10.0 Å². The van der Waals surface area contributed by atoms with Crippen LogP contribution in [0.1, 0.15) is 37.7 Å². The fourth-order valence-corrected chi connectivity index (χ4v) is 6.49. The second kappa shape index (κ2) is 5.43. The van der Waals surface area contributed by atoms with Crippen molar-refractivity contribution in [2.45, 2.75) is 50.0 Å². The lowest BCUT2D eigenvalue weighted by Crippen LogP contribution is -2.39. The highest BCUT2D eigenvalue weighted by Crippen LogP contribution is 2.40. The monoisotopic (exact) mass is 357 g/mol. The molecule has 1 saturated carbocycles. The topological polar surface area (TPSA) is 37.4 Å². The van der Waals surface area contributed by atoms with Crippen LogP contribution in [0, 0.1) is 12.8 Å². The molecular formula is C15H20BrNO2S. The SMILES string of the molecule is Cc1ccc(S(=O)(=O)N2CCC3CCCCC32)c(Br)c1. The summed E-state index contributed by atoms with van der Waals surface area (Å²) in [6, 6.07) is 5.69. The van der Waals surface area contributed by atoms with Gasteiger partial charge in [0.2, 0.25) is 10.0 Å². The molecule has 0 spiro atoms. The van der Waals surface area contributed by atoms with Gasteiger partial charge in [-0.05, 0) is 65.7 Å². The molecule has 1 heterocycles. The number of benzene rings is 1. The van der Waals surface area contributed by atoms with E-state index >= 15 is 0 Å². The van der Waals surface area contributed by atoms with Crippen LogP contribution in [0.15, 0.2) is 27.6 Å². The highest BCUT2D eigenvalue weighted by molar-refractivity contribution is 9.10. The lowest BCUT2D eigenvalue weighted by Gasteiger charge is -2.31. The van der Waals surface area contributed by atoms with Gasteiger partial charge in [0, 0.05) is 17.1 Å². The summed E-state index contributed by atoms with van der Waals surface area (Å²) >= 11 is 3.41. The molecule has 1 aromatic carbocycles. The Labute approximate surface area is 129 Å². The zero-order valence-electron chi connectivity index (χ0n) is 11.7. The number of fused-ring (bicyclic) bond motifs is 1. The summed E-state index contributed by atoms with van der Waals surface area (Å²) < 4.78 is 28.3. The van der Waals surface area contributed by atoms with Gasteiger partial charge in [-0.2, -0.15) is 4.31 Å². The molecule has 0 radical (unpaired) electrons. The van der Waals surface area contributed by atoms with E-state index in [0.717, 1.165) is 24.8 Å². The Kier molecular flexibility index (Phi) is 3.95. The second-order valence-electron chi connectivity index (χ2n) is 5.95. The summed E-state index contributed by atoms with van der Waals surface area (Å²) in [6.45, 7) is 2.65. The van der Waals surface area contributed by atoms with E-state index in [1.165, 1.54) is 12.8 Å². The Morgan fingerprint density at radius 3 is 2.70 bits per heavy atom. The molecular weight excluding hydrogens is 338 g/mol. The van der Waals surface area contributed by atoms with Gasteiger partial charge in [-0.25, -0.2) is 8.42 Å². The molecule has 2 unspecified atom stereocenters. The molecule has 5 heteroatoms. The first-order chi connectivity index (χ1) is 9.50. The number of rotatable bonds is 2. The van der Waals surface area contributed by atoms with E-state index in [-0.39, 0.29) is 6.04 Å². The van der Waals surface area contributed by atoms with Crippen molar-refractivity contribution in [3.05, 3.63) is 28.2 Å². The van der Waals surface area contributed by atoms with E-state index < -0.39 is 10.0 Å². The third-order valence-corrected chi connectivity index (χ3v) is 7.53. The summed E-state index contributed by atoms with van der Waals surface area (Å²) in [4.78, 5) is 0.411. The molecule has 1 aromatic rings. The largest absolute Gasteiger partial charge is 0.244 e. The molecule has 1 aliphatic heterocycles. The number of hydrogen-bond donors (Lipinski definition) is 0. The maximum absolute atomic E-state index is 12.9. The first-order valence-electron chi connectivity index (χ1n) is 7.28. The molecule has 3 nitrogen and oxygen atoms in total. The van der Waals surface area contributed by atoms with E-state index in [1.807, 2.05) is 19.1 Å². The standard InChI is InChI=1S/C15H20BrNO2S/c1-11-6-7-15(13(16)10-11)20(18,19)17-9-8-12-4-2-3-5-14(12)17/h6-7,10,12,14H,2-5,8-9H2,1H3. The Morgan fingerprint density at radius 2 is 1.95 bits per heavy atom. The average molecular weight is 358 g/mol. The van der Waals surface area contributed by atoms with Crippen molar-refractivity contribution in [2.24, 2.45) is 5.92 Å². The van der Waals surface area contributed by atoms with Crippen molar-refractivity contribution in [1.82, 2.24) is 4.31 Å². The van der Waals surface area contributed by atoms with Crippen LogP contribution in [0.4, 0.5) is 0 Å². The summed E-state index contributed by atoms with van der Waals surface area (Å²) in [5, 5.41) is 0. The molecule has 2 aliphatic rings. The molecule has 1 saturated heterocycles. The maximum Gasteiger partial charge on any atom is 0.244 e. The van der Waals surface area contributed by atoms with E-state index in [1.54, 1.807) is 10.4 Å². The number of sulfonamides is 1. The van der Waals surface area contributed by atoms with Gasteiger partial charge in [-0.15, -0.1) is 0 Å². The highest BCUT2D eigenvalue weighted by atomic mass is 79.9. The number of nitrogens with zero attached hydrogens (tertiary/aromatic N) is 1. The summed E-state index contributed by atoms with van der Waals surface area (Å²) in [5.41, 5.74) is 1.06. The van der Waals surface area contributed by atoms with Crippen molar-refractivity contribution in [3.8, 4) is 0 Å². The lowest BCUT2D eigenvalue weighted by molar-refractivity contribution is 0.260. The lowest BCUT2D eigenvalue weighted by atomic mass is 9.86. The summed E-state index contributed by atoms with van der Waals surface area (Å²) in [6.07, 6.45) is 5.64. The van der Waals surface area contributed by atoms with Gasteiger partial charge in [0.1, 0.15) is 0 Å².